The zero-order valence-corrected chi connectivity index (χ0v) is 7.72. The van der Waals surface area contributed by atoms with Gasteiger partial charge in [0, 0.05) is 11.8 Å². The first-order valence-corrected chi connectivity index (χ1v) is 4.57. The Bertz CT molecular complexity index is 151. The van der Waals surface area contributed by atoms with Crippen molar-refractivity contribution in [2.24, 2.45) is 0 Å². The largest absolute Gasteiger partial charge is 0.296 e. The van der Waals surface area contributed by atoms with Crippen LogP contribution in [-0.4, -0.2) is 16.7 Å². The molecule has 58 valence electrons. The van der Waals surface area contributed by atoms with Crippen molar-refractivity contribution in [3.63, 3.8) is 0 Å². The van der Waals surface area contributed by atoms with Gasteiger partial charge in [-0.3, -0.25) is 5.32 Å². The first-order valence-electron chi connectivity index (χ1n) is 3.58. The minimum atomic E-state index is 0.254. The highest BCUT2D eigenvalue weighted by Gasteiger charge is 2.30. The van der Waals surface area contributed by atoms with Crippen molar-refractivity contribution in [1.82, 2.24) is 5.32 Å². The highest BCUT2D eigenvalue weighted by molar-refractivity contribution is 8.00. The van der Waals surface area contributed by atoms with E-state index >= 15 is 0 Å². The molecular weight excluding hydrogens is 142 g/mol. The van der Waals surface area contributed by atoms with Gasteiger partial charge < -0.3 is 0 Å². The summed E-state index contributed by atoms with van der Waals surface area (Å²) in [5.41, 5.74) is 1.25. The smallest absolute Gasteiger partial charge is 0.0593 e. The molecule has 1 atom stereocenters. The molecule has 1 saturated heterocycles. The highest BCUT2D eigenvalue weighted by Crippen LogP contribution is 2.30. The van der Waals surface area contributed by atoms with Gasteiger partial charge in [-0.1, -0.05) is 12.2 Å². The van der Waals surface area contributed by atoms with Crippen LogP contribution in [0.15, 0.2) is 12.2 Å². The first kappa shape index (κ1) is 8.15. The lowest BCUT2D eigenvalue weighted by atomic mass is 10.1. The van der Waals surface area contributed by atoms with Crippen LogP contribution in [0, 0.1) is 0 Å². The predicted molar refractivity (Wildman–Crippen MR) is 48.3 cm³/mol. The van der Waals surface area contributed by atoms with Crippen LogP contribution in [-0.2, 0) is 0 Å². The maximum absolute atomic E-state index is 3.93. The van der Waals surface area contributed by atoms with E-state index in [1.807, 2.05) is 11.8 Å². The average molecular weight is 157 g/mol. The molecular formula is C8H15NS. The Morgan fingerprint density at radius 3 is 2.50 bits per heavy atom. The van der Waals surface area contributed by atoms with Crippen LogP contribution in [0.1, 0.15) is 20.8 Å². The molecule has 1 aliphatic heterocycles. The molecule has 2 heteroatoms. The topological polar surface area (TPSA) is 12.0 Å². The van der Waals surface area contributed by atoms with Gasteiger partial charge in [0.1, 0.15) is 0 Å². The SMILES string of the molecule is C=C(C)C1CSC(C)(C)N1. The van der Waals surface area contributed by atoms with Crippen molar-refractivity contribution in [2.75, 3.05) is 5.75 Å². The maximum Gasteiger partial charge on any atom is 0.0593 e. The lowest BCUT2D eigenvalue weighted by Crippen LogP contribution is -2.36. The van der Waals surface area contributed by atoms with Crippen LogP contribution in [0.2, 0.25) is 0 Å². The summed E-state index contributed by atoms with van der Waals surface area (Å²) in [5.74, 6) is 1.17. The molecule has 1 rings (SSSR count). The summed E-state index contributed by atoms with van der Waals surface area (Å²) in [6.45, 7) is 10.4. The summed E-state index contributed by atoms with van der Waals surface area (Å²) in [4.78, 5) is 0.254. The zero-order valence-electron chi connectivity index (χ0n) is 6.90. The van der Waals surface area contributed by atoms with Crippen LogP contribution < -0.4 is 5.32 Å². The molecule has 1 N–H and O–H groups in total. The standard InChI is InChI=1S/C8H15NS/c1-6(2)7-5-10-8(3,4)9-7/h7,9H,1,5H2,2-4H3. The molecule has 0 aromatic heterocycles. The number of thioether (sulfide) groups is 1. The van der Waals surface area contributed by atoms with E-state index in [0.717, 1.165) is 0 Å². The van der Waals surface area contributed by atoms with Gasteiger partial charge in [0.25, 0.3) is 0 Å². The number of hydrogen-bond donors (Lipinski definition) is 1. The van der Waals surface area contributed by atoms with Gasteiger partial charge in [-0.25, -0.2) is 0 Å². The number of nitrogens with one attached hydrogen (secondary N) is 1. The van der Waals surface area contributed by atoms with Gasteiger partial charge in [0.15, 0.2) is 0 Å². The molecule has 1 fully saturated rings. The molecule has 10 heavy (non-hydrogen) atoms. The van der Waals surface area contributed by atoms with Crippen molar-refractivity contribution >= 4 is 11.8 Å². The van der Waals surface area contributed by atoms with E-state index < -0.39 is 0 Å². The summed E-state index contributed by atoms with van der Waals surface area (Å²) in [5, 5.41) is 3.49. The lowest BCUT2D eigenvalue weighted by Gasteiger charge is -2.18. The third-order valence-electron chi connectivity index (χ3n) is 1.73. The molecule has 0 aromatic rings. The van der Waals surface area contributed by atoms with E-state index in [2.05, 4.69) is 32.7 Å². The molecule has 1 heterocycles. The Morgan fingerprint density at radius 2 is 2.30 bits per heavy atom. The van der Waals surface area contributed by atoms with Gasteiger partial charge in [0.05, 0.1) is 4.87 Å². The summed E-state index contributed by atoms with van der Waals surface area (Å²) >= 11 is 1.96. The Hall–Kier alpha value is 0.0500. The number of hydrogen-bond acceptors (Lipinski definition) is 2. The van der Waals surface area contributed by atoms with E-state index in [-0.39, 0.29) is 4.87 Å². The molecule has 0 radical (unpaired) electrons. The van der Waals surface area contributed by atoms with Gasteiger partial charge in [0.2, 0.25) is 0 Å². The highest BCUT2D eigenvalue weighted by atomic mass is 32.2. The number of rotatable bonds is 1. The summed E-state index contributed by atoms with van der Waals surface area (Å²) in [6.07, 6.45) is 0. The van der Waals surface area contributed by atoms with Crippen LogP contribution in [0.3, 0.4) is 0 Å². The second-order valence-corrected chi connectivity index (χ2v) is 5.01. The summed E-state index contributed by atoms with van der Waals surface area (Å²) in [6, 6.07) is 0.528. The Balaban J connectivity index is 2.51. The molecule has 0 aromatic carbocycles. The minimum absolute atomic E-state index is 0.254. The van der Waals surface area contributed by atoms with E-state index in [0.29, 0.717) is 6.04 Å². The molecule has 0 bridgehead atoms. The second-order valence-electron chi connectivity index (χ2n) is 3.36. The van der Waals surface area contributed by atoms with Gasteiger partial charge in [-0.05, 0) is 20.8 Å². The van der Waals surface area contributed by atoms with Crippen molar-refractivity contribution in [1.29, 1.82) is 0 Å². The molecule has 1 unspecified atom stereocenters. The molecule has 1 nitrogen and oxygen atoms in total. The molecule has 0 spiro atoms. The molecule has 0 aliphatic carbocycles. The average Bonchev–Trinajstić information content (AvgIpc) is 2.10. The fourth-order valence-corrected chi connectivity index (χ4v) is 2.24. The predicted octanol–water partition coefficient (Wildman–Crippen LogP) is 2.00. The van der Waals surface area contributed by atoms with Crippen LogP contribution >= 0.6 is 11.8 Å². The fourth-order valence-electron chi connectivity index (χ4n) is 1.06. The third-order valence-corrected chi connectivity index (χ3v) is 3.07. The minimum Gasteiger partial charge on any atom is -0.296 e. The Kier molecular flexibility index (Phi) is 2.11. The molecule has 1 aliphatic rings. The van der Waals surface area contributed by atoms with E-state index in [1.165, 1.54) is 11.3 Å². The van der Waals surface area contributed by atoms with Gasteiger partial charge in [-0.2, -0.15) is 0 Å². The van der Waals surface area contributed by atoms with Crippen molar-refractivity contribution < 1.29 is 0 Å². The van der Waals surface area contributed by atoms with E-state index in [9.17, 15) is 0 Å². The van der Waals surface area contributed by atoms with Crippen molar-refractivity contribution in [3.05, 3.63) is 12.2 Å². The van der Waals surface area contributed by atoms with Crippen LogP contribution in [0.5, 0.6) is 0 Å². The molecule has 0 amide bonds. The normalized spacial score (nSPS) is 30.5. The van der Waals surface area contributed by atoms with Gasteiger partial charge in [-0.15, -0.1) is 11.8 Å². The van der Waals surface area contributed by atoms with Crippen LogP contribution in [0.4, 0.5) is 0 Å². The first-order chi connectivity index (χ1) is 4.51. The third kappa shape index (κ3) is 1.77. The maximum atomic E-state index is 3.93. The van der Waals surface area contributed by atoms with E-state index in [1.54, 1.807) is 0 Å². The summed E-state index contributed by atoms with van der Waals surface area (Å²) in [7, 11) is 0. The quantitative estimate of drug-likeness (QED) is 0.584. The Morgan fingerprint density at radius 1 is 1.70 bits per heavy atom. The summed E-state index contributed by atoms with van der Waals surface area (Å²) < 4.78 is 0. The van der Waals surface area contributed by atoms with Crippen molar-refractivity contribution in [3.8, 4) is 0 Å². The lowest BCUT2D eigenvalue weighted by molar-refractivity contribution is 0.530. The second kappa shape index (κ2) is 2.59. The van der Waals surface area contributed by atoms with E-state index in [4.69, 9.17) is 0 Å². The fraction of sp³-hybridized carbons (Fsp3) is 0.750. The zero-order chi connectivity index (χ0) is 7.78. The van der Waals surface area contributed by atoms with Gasteiger partial charge >= 0.3 is 0 Å². The monoisotopic (exact) mass is 157 g/mol. The van der Waals surface area contributed by atoms with Crippen molar-refractivity contribution in [2.45, 2.75) is 31.7 Å². The van der Waals surface area contributed by atoms with Crippen LogP contribution in [0.25, 0.3) is 0 Å². The Labute approximate surface area is 67.3 Å². The molecule has 0 saturated carbocycles.